The number of rotatable bonds is 7. The van der Waals surface area contributed by atoms with E-state index in [0.29, 0.717) is 24.5 Å². The maximum atomic E-state index is 13.1. The molecule has 3 aromatic rings. The summed E-state index contributed by atoms with van der Waals surface area (Å²) in [6, 6.07) is 19.3. The van der Waals surface area contributed by atoms with Crippen LogP contribution in [0.15, 0.2) is 77.8 Å². The summed E-state index contributed by atoms with van der Waals surface area (Å²) in [6.07, 6.45) is 1.84. The molecule has 1 N–H and O–H groups in total. The van der Waals surface area contributed by atoms with Crippen LogP contribution in [0.4, 0.5) is 0 Å². The molecule has 0 spiro atoms. The summed E-state index contributed by atoms with van der Waals surface area (Å²) in [5, 5.41) is 0. The van der Waals surface area contributed by atoms with Gasteiger partial charge < -0.3 is 14.2 Å². The van der Waals surface area contributed by atoms with Gasteiger partial charge in [-0.1, -0.05) is 36.4 Å². The molecule has 156 valence electrons. The quantitative estimate of drug-likeness (QED) is 0.631. The van der Waals surface area contributed by atoms with Gasteiger partial charge in [0.1, 0.15) is 11.4 Å². The Kier molecular flexibility index (Phi) is 5.61. The molecule has 7 nitrogen and oxygen atoms in total. The normalized spacial score (nSPS) is 16.4. The second-order valence-corrected chi connectivity index (χ2v) is 8.92. The van der Waals surface area contributed by atoms with Gasteiger partial charge >= 0.3 is 0 Å². The SMILES string of the molecule is COc1cccc(S(=O)(=O)NCC2Cn3cccc3C(=O)N2Cc2ccccc2)c1. The number of carbonyl (C=O) groups excluding carboxylic acids is 1. The second kappa shape index (κ2) is 8.33. The van der Waals surface area contributed by atoms with Crippen LogP contribution in [0.5, 0.6) is 5.75 Å². The molecule has 0 saturated carbocycles. The summed E-state index contributed by atoms with van der Waals surface area (Å²) >= 11 is 0. The van der Waals surface area contributed by atoms with Crippen LogP contribution >= 0.6 is 0 Å². The molecule has 1 aliphatic rings. The van der Waals surface area contributed by atoms with Gasteiger partial charge in [-0.25, -0.2) is 13.1 Å². The molecule has 1 unspecified atom stereocenters. The highest BCUT2D eigenvalue weighted by Gasteiger charge is 2.33. The molecule has 0 bridgehead atoms. The van der Waals surface area contributed by atoms with E-state index in [4.69, 9.17) is 4.74 Å². The number of nitrogens with zero attached hydrogens (tertiary/aromatic N) is 2. The summed E-state index contributed by atoms with van der Waals surface area (Å²) < 4.78 is 35.3. The predicted molar refractivity (Wildman–Crippen MR) is 113 cm³/mol. The summed E-state index contributed by atoms with van der Waals surface area (Å²) in [4.78, 5) is 14.9. The molecule has 4 rings (SSSR count). The van der Waals surface area contributed by atoms with Crippen LogP contribution in [0.2, 0.25) is 0 Å². The van der Waals surface area contributed by atoms with E-state index in [-0.39, 0.29) is 23.4 Å². The van der Waals surface area contributed by atoms with E-state index in [9.17, 15) is 13.2 Å². The van der Waals surface area contributed by atoms with E-state index in [1.807, 2.05) is 47.2 Å². The molecule has 0 aliphatic carbocycles. The minimum atomic E-state index is -3.75. The molecule has 0 saturated heterocycles. The van der Waals surface area contributed by atoms with Crippen molar-refractivity contribution < 1.29 is 17.9 Å². The fourth-order valence-electron chi connectivity index (χ4n) is 3.62. The molecule has 0 radical (unpaired) electrons. The van der Waals surface area contributed by atoms with Crippen LogP contribution in [-0.2, 0) is 23.1 Å². The number of nitrogens with one attached hydrogen (secondary N) is 1. The van der Waals surface area contributed by atoms with Crippen molar-refractivity contribution in [3.8, 4) is 5.75 Å². The van der Waals surface area contributed by atoms with Gasteiger partial charge in [-0.15, -0.1) is 0 Å². The fraction of sp³-hybridized carbons (Fsp3) is 0.227. The molecule has 2 heterocycles. The number of fused-ring (bicyclic) bond motifs is 1. The van der Waals surface area contributed by atoms with Gasteiger partial charge in [-0.3, -0.25) is 4.79 Å². The Balaban J connectivity index is 1.56. The molecular weight excluding hydrogens is 402 g/mol. The van der Waals surface area contributed by atoms with Gasteiger partial charge in [0.2, 0.25) is 10.0 Å². The molecule has 1 atom stereocenters. The van der Waals surface area contributed by atoms with Crippen molar-refractivity contribution in [1.82, 2.24) is 14.2 Å². The van der Waals surface area contributed by atoms with Crippen molar-refractivity contribution in [2.75, 3.05) is 13.7 Å². The molecule has 8 heteroatoms. The topological polar surface area (TPSA) is 80.6 Å². The monoisotopic (exact) mass is 425 g/mol. The highest BCUT2D eigenvalue weighted by atomic mass is 32.2. The van der Waals surface area contributed by atoms with Gasteiger partial charge in [-0.05, 0) is 29.8 Å². The van der Waals surface area contributed by atoms with Gasteiger partial charge in [0.25, 0.3) is 5.91 Å². The zero-order valence-corrected chi connectivity index (χ0v) is 17.4. The van der Waals surface area contributed by atoms with Crippen molar-refractivity contribution in [3.63, 3.8) is 0 Å². The smallest absolute Gasteiger partial charge is 0.271 e. The number of carbonyl (C=O) groups is 1. The molecular formula is C22H23N3O4S. The Labute approximate surface area is 175 Å². The zero-order chi connectivity index (χ0) is 21.1. The number of aromatic nitrogens is 1. The summed E-state index contributed by atoms with van der Waals surface area (Å²) in [6.45, 7) is 1.04. The summed E-state index contributed by atoms with van der Waals surface area (Å²) in [5.74, 6) is 0.356. The number of ether oxygens (including phenoxy) is 1. The third-order valence-corrected chi connectivity index (χ3v) is 6.64. The lowest BCUT2D eigenvalue weighted by molar-refractivity contribution is 0.0578. The number of sulfonamides is 1. The number of methoxy groups -OCH3 is 1. The minimum Gasteiger partial charge on any atom is -0.497 e. The summed E-state index contributed by atoms with van der Waals surface area (Å²) in [5.41, 5.74) is 1.60. The minimum absolute atomic E-state index is 0.107. The first-order valence-electron chi connectivity index (χ1n) is 9.62. The lowest BCUT2D eigenvalue weighted by Gasteiger charge is -2.37. The van der Waals surface area contributed by atoms with Gasteiger partial charge in [-0.2, -0.15) is 0 Å². The fourth-order valence-corrected chi connectivity index (χ4v) is 4.73. The maximum Gasteiger partial charge on any atom is 0.271 e. The molecule has 2 aromatic carbocycles. The van der Waals surface area contributed by atoms with E-state index < -0.39 is 10.0 Å². The lowest BCUT2D eigenvalue weighted by Crippen LogP contribution is -2.52. The number of hydrogen-bond acceptors (Lipinski definition) is 4. The average molecular weight is 426 g/mol. The van der Waals surface area contributed by atoms with Crippen LogP contribution in [0, 0.1) is 0 Å². The van der Waals surface area contributed by atoms with Crippen LogP contribution in [0.1, 0.15) is 16.1 Å². The van der Waals surface area contributed by atoms with Crippen molar-refractivity contribution >= 4 is 15.9 Å². The standard InChI is InChI=1S/C22H23N3O4S/c1-29-19-9-5-10-20(13-19)30(27,28)23-14-18-16-24-12-6-11-21(24)22(26)25(18)15-17-7-3-2-4-8-17/h2-13,18,23H,14-16H2,1H3. The third kappa shape index (κ3) is 4.10. The van der Waals surface area contributed by atoms with Crippen LogP contribution < -0.4 is 9.46 Å². The van der Waals surface area contributed by atoms with E-state index in [2.05, 4.69) is 4.72 Å². The van der Waals surface area contributed by atoms with E-state index in [0.717, 1.165) is 5.56 Å². The van der Waals surface area contributed by atoms with Crippen molar-refractivity contribution in [2.45, 2.75) is 24.0 Å². The Morgan fingerprint density at radius 2 is 1.87 bits per heavy atom. The molecule has 30 heavy (non-hydrogen) atoms. The van der Waals surface area contributed by atoms with Crippen LogP contribution in [-0.4, -0.2) is 43.5 Å². The van der Waals surface area contributed by atoms with Crippen molar-refractivity contribution in [2.24, 2.45) is 0 Å². The summed E-state index contributed by atoms with van der Waals surface area (Å²) in [7, 11) is -2.26. The van der Waals surface area contributed by atoms with Crippen molar-refractivity contribution in [3.05, 3.63) is 84.2 Å². The largest absolute Gasteiger partial charge is 0.497 e. The Morgan fingerprint density at radius 1 is 1.07 bits per heavy atom. The first-order valence-corrected chi connectivity index (χ1v) is 11.1. The molecule has 1 aliphatic heterocycles. The van der Waals surface area contributed by atoms with Crippen molar-refractivity contribution in [1.29, 1.82) is 0 Å². The number of benzene rings is 2. The Morgan fingerprint density at radius 3 is 2.63 bits per heavy atom. The first-order chi connectivity index (χ1) is 14.5. The molecule has 1 amide bonds. The second-order valence-electron chi connectivity index (χ2n) is 7.15. The number of amides is 1. The third-order valence-electron chi connectivity index (χ3n) is 5.21. The van der Waals surface area contributed by atoms with Gasteiger partial charge in [0, 0.05) is 31.9 Å². The number of hydrogen-bond donors (Lipinski definition) is 1. The maximum absolute atomic E-state index is 13.1. The highest BCUT2D eigenvalue weighted by molar-refractivity contribution is 7.89. The Bertz CT molecular complexity index is 1140. The van der Waals surface area contributed by atoms with Crippen LogP contribution in [0.3, 0.4) is 0 Å². The first kappa shape index (κ1) is 20.2. The Hall–Kier alpha value is -3.10. The molecule has 0 fully saturated rings. The van der Waals surface area contributed by atoms with Gasteiger partial charge in [0.05, 0.1) is 18.0 Å². The van der Waals surface area contributed by atoms with Crippen LogP contribution in [0.25, 0.3) is 0 Å². The van der Waals surface area contributed by atoms with E-state index in [1.54, 1.807) is 23.1 Å². The molecule has 1 aromatic heterocycles. The van der Waals surface area contributed by atoms with Gasteiger partial charge in [0.15, 0.2) is 0 Å². The zero-order valence-electron chi connectivity index (χ0n) is 16.6. The van der Waals surface area contributed by atoms with E-state index >= 15 is 0 Å². The van der Waals surface area contributed by atoms with E-state index in [1.165, 1.54) is 19.2 Å². The average Bonchev–Trinajstić information content (AvgIpc) is 3.24. The predicted octanol–water partition coefficient (Wildman–Crippen LogP) is 2.50. The lowest BCUT2D eigenvalue weighted by atomic mass is 10.1. The highest BCUT2D eigenvalue weighted by Crippen LogP contribution is 2.22.